The van der Waals surface area contributed by atoms with Crippen molar-refractivity contribution in [2.75, 3.05) is 5.73 Å². The Labute approximate surface area is 120 Å². The molecule has 0 unspecified atom stereocenters. The highest BCUT2D eigenvalue weighted by molar-refractivity contribution is 7.99. The molecule has 0 amide bonds. The maximum absolute atomic E-state index is 10.9. The molecule has 0 spiro atoms. The largest absolute Gasteiger partial charge is 0.481 e. The average molecular weight is 294 g/mol. The number of hydrogen-bond acceptors (Lipinski definition) is 3. The highest BCUT2D eigenvalue weighted by Gasteiger charge is 2.09. The maximum atomic E-state index is 10.9. The van der Waals surface area contributed by atoms with Gasteiger partial charge in [-0.25, -0.2) is 0 Å². The lowest BCUT2D eigenvalue weighted by Gasteiger charge is -2.08. The van der Waals surface area contributed by atoms with E-state index in [1.54, 1.807) is 12.1 Å². The van der Waals surface area contributed by atoms with Crippen LogP contribution < -0.4 is 5.73 Å². The third-order valence-corrected chi connectivity index (χ3v) is 3.83. The van der Waals surface area contributed by atoms with E-state index < -0.39 is 5.97 Å². The average Bonchev–Trinajstić information content (AvgIpc) is 2.34. The molecule has 0 atom stereocenters. The Morgan fingerprint density at radius 1 is 1.21 bits per heavy atom. The van der Waals surface area contributed by atoms with E-state index >= 15 is 0 Å². The first-order chi connectivity index (χ1) is 9.04. The number of anilines is 1. The van der Waals surface area contributed by atoms with Crippen molar-refractivity contribution in [3.63, 3.8) is 0 Å². The number of aliphatic carboxylic acids is 1. The number of carbonyl (C=O) groups is 1. The van der Waals surface area contributed by atoms with Crippen LogP contribution >= 0.6 is 23.4 Å². The smallest absolute Gasteiger partial charge is 0.307 e. The summed E-state index contributed by atoms with van der Waals surface area (Å²) in [6.45, 7) is 0. The number of hydrogen-bond donors (Lipinski definition) is 2. The molecule has 0 aliphatic rings. The fourth-order valence-corrected chi connectivity index (χ4v) is 2.73. The Balaban J connectivity index is 2.28. The Bertz CT molecular complexity index is 599. The molecule has 2 aromatic rings. The number of carboxylic acids is 1. The molecule has 3 N–H and O–H groups in total. The zero-order valence-corrected chi connectivity index (χ0v) is 11.5. The van der Waals surface area contributed by atoms with Crippen LogP contribution in [0, 0.1) is 0 Å². The third-order valence-electron chi connectivity index (χ3n) is 2.47. The zero-order valence-electron chi connectivity index (χ0n) is 9.97. The van der Waals surface area contributed by atoms with Crippen LogP contribution in [0.15, 0.2) is 52.3 Å². The molecule has 2 rings (SSSR count). The molecule has 19 heavy (non-hydrogen) atoms. The van der Waals surface area contributed by atoms with Gasteiger partial charge in [0.15, 0.2) is 0 Å². The molecular weight excluding hydrogens is 282 g/mol. The summed E-state index contributed by atoms with van der Waals surface area (Å²) in [6.07, 6.45) is -0.0438. The molecule has 0 bridgehead atoms. The van der Waals surface area contributed by atoms with Gasteiger partial charge in [0.2, 0.25) is 0 Å². The fourth-order valence-electron chi connectivity index (χ4n) is 1.61. The minimum Gasteiger partial charge on any atom is -0.481 e. The second kappa shape index (κ2) is 5.99. The molecular formula is C14H12ClNO2S. The number of nitrogens with two attached hydrogens (primary N) is 1. The van der Waals surface area contributed by atoms with Crippen LogP contribution in [0.25, 0.3) is 0 Å². The van der Waals surface area contributed by atoms with Crippen molar-refractivity contribution >= 4 is 35.0 Å². The van der Waals surface area contributed by atoms with E-state index in [4.69, 9.17) is 22.4 Å². The van der Waals surface area contributed by atoms with Crippen molar-refractivity contribution < 1.29 is 9.90 Å². The van der Waals surface area contributed by atoms with Gasteiger partial charge in [0.1, 0.15) is 0 Å². The van der Waals surface area contributed by atoms with E-state index in [0.29, 0.717) is 16.3 Å². The zero-order chi connectivity index (χ0) is 13.8. The van der Waals surface area contributed by atoms with Gasteiger partial charge < -0.3 is 10.8 Å². The van der Waals surface area contributed by atoms with Crippen molar-refractivity contribution in [2.24, 2.45) is 0 Å². The monoisotopic (exact) mass is 293 g/mol. The Morgan fingerprint density at radius 2 is 1.89 bits per heavy atom. The van der Waals surface area contributed by atoms with Gasteiger partial charge in [-0.05, 0) is 48.0 Å². The van der Waals surface area contributed by atoms with Gasteiger partial charge in [-0.15, -0.1) is 0 Å². The lowest BCUT2D eigenvalue weighted by atomic mass is 10.1. The Morgan fingerprint density at radius 3 is 2.53 bits per heavy atom. The summed E-state index contributed by atoms with van der Waals surface area (Å²) in [5.74, 6) is -0.874. The van der Waals surface area contributed by atoms with E-state index in [2.05, 4.69) is 0 Å². The van der Waals surface area contributed by atoms with Crippen LogP contribution in [0.4, 0.5) is 5.69 Å². The van der Waals surface area contributed by atoms with Gasteiger partial charge >= 0.3 is 5.97 Å². The molecule has 98 valence electrons. The van der Waals surface area contributed by atoms with Crippen molar-refractivity contribution in [2.45, 2.75) is 16.2 Å². The molecule has 0 heterocycles. The Hall–Kier alpha value is -1.65. The topological polar surface area (TPSA) is 63.3 Å². The van der Waals surface area contributed by atoms with Crippen molar-refractivity contribution in [1.29, 1.82) is 0 Å². The molecule has 3 nitrogen and oxygen atoms in total. The van der Waals surface area contributed by atoms with Gasteiger partial charge in [0, 0.05) is 20.5 Å². The van der Waals surface area contributed by atoms with Crippen LogP contribution in [0.1, 0.15) is 5.56 Å². The van der Waals surface area contributed by atoms with Gasteiger partial charge in [-0.2, -0.15) is 0 Å². The van der Waals surface area contributed by atoms with Crippen molar-refractivity contribution in [1.82, 2.24) is 0 Å². The standard InChI is InChI=1S/C14H12ClNO2S/c15-10-1-6-13(9(7-10)8-14(17)18)19-12-4-2-11(16)3-5-12/h1-7H,8,16H2,(H,17,18). The number of halogens is 1. The normalized spacial score (nSPS) is 10.4. The number of nitrogen functional groups attached to an aromatic ring is 1. The minimum atomic E-state index is -0.874. The van der Waals surface area contributed by atoms with Crippen LogP contribution in [0.5, 0.6) is 0 Å². The predicted octanol–water partition coefficient (Wildman–Crippen LogP) is 3.70. The van der Waals surface area contributed by atoms with Crippen LogP contribution in [-0.2, 0) is 11.2 Å². The summed E-state index contributed by atoms with van der Waals surface area (Å²) >= 11 is 7.40. The van der Waals surface area contributed by atoms with E-state index in [9.17, 15) is 4.79 Å². The highest BCUT2D eigenvalue weighted by Crippen LogP contribution is 2.32. The first kappa shape index (κ1) is 13.8. The molecule has 5 heteroatoms. The molecule has 0 fully saturated rings. The first-order valence-electron chi connectivity index (χ1n) is 5.58. The fraction of sp³-hybridized carbons (Fsp3) is 0.0714. The van der Waals surface area contributed by atoms with E-state index in [1.165, 1.54) is 11.8 Å². The van der Waals surface area contributed by atoms with E-state index in [1.807, 2.05) is 30.3 Å². The second-order valence-electron chi connectivity index (χ2n) is 3.99. The lowest BCUT2D eigenvalue weighted by molar-refractivity contribution is -0.136. The van der Waals surface area contributed by atoms with Gasteiger partial charge in [-0.3, -0.25) is 4.79 Å². The quantitative estimate of drug-likeness (QED) is 0.844. The van der Waals surface area contributed by atoms with Gasteiger partial charge in [0.25, 0.3) is 0 Å². The first-order valence-corrected chi connectivity index (χ1v) is 6.77. The Kier molecular flexibility index (Phi) is 4.35. The number of rotatable bonds is 4. The van der Waals surface area contributed by atoms with E-state index in [0.717, 1.165) is 9.79 Å². The van der Waals surface area contributed by atoms with Crippen LogP contribution in [0.3, 0.4) is 0 Å². The SMILES string of the molecule is Nc1ccc(Sc2ccc(Cl)cc2CC(=O)O)cc1. The maximum Gasteiger partial charge on any atom is 0.307 e. The lowest BCUT2D eigenvalue weighted by Crippen LogP contribution is -2.01. The summed E-state index contributed by atoms with van der Waals surface area (Å²) in [5, 5.41) is 9.46. The van der Waals surface area contributed by atoms with Crippen molar-refractivity contribution in [3.8, 4) is 0 Å². The second-order valence-corrected chi connectivity index (χ2v) is 5.55. The summed E-state index contributed by atoms with van der Waals surface area (Å²) in [6, 6.07) is 12.7. The minimum absolute atomic E-state index is 0.0438. The predicted molar refractivity (Wildman–Crippen MR) is 77.8 cm³/mol. The van der Waals surface area contributed by atoms with Gasteiger partial charge in [0.05, 0.1) is 6.42 Å². The van der Waals surface area contributed by atoms with Crippen LogP contribution in [-0.4, -0.2) is 11.1 Å². The summed E-state index contributed by atoms with van der Waals surface area (Å²) in [4.78, 5) is 12.7. The molecule has 0 aliphatic carbocycles. The molecule has 0 aliphatic heterocycles. The number of benzene rings is 2. The van der Waals surface area contributed by atoms with Crippen LogP contribution in [0.2, 0.25) is 5.02 Å². The highest BCUT2D eigenvalue weighted by atomic mass is 35.5. The van der Waals surface area contributed by atoms with Gasteiger partial charge in [-0.1, -0.05) is 23.4 Å². The molecule has 0 saturated heterocycles. The number of carboxylic acid groups (broad SMARTS) is 1. The molecule has 0 saturated carbocycles. The van der Waals surface area contributed by atoms with E-state index in [-0.39, 0.29) is 6.42 Å². The molecule has 2 aromatic carbocycles. The summed E-state index contributed by atoms with van der Waals surface area (Å²) in [7, 11) is 0. The third kappa shape index (κ3) is 3.91. The summed E-state index contributed by atoms with van der Waals surface area (Å²) in [5.41, 5.74) is 7.04. The molecule has 0 radical (unpaired) electrons. The summed E-state index contributed by atoms with van der Waals surface area (Å²) < 4.78 is 0. The van der Waals surface area contributed by atoms with Crippen molar-refractivity contribution in [3.05, 3.63) is 53.1 Å². The molecule has 0 aromatic heterocycles.